The van der Waals surface area contributed by atoms with E-state index in [1.807, 2.05) is 50.2 Å². The van der Waals surface area contributed by atoms with Crippen LogP contribution in [0.25, 0.3) is 0 Å². The highest BCUT2D eigenvalue weighted by atomic mass is 16.6. The van der Waals surface area contributed by atoms with Crippen LogP contribution < -0.4 is 10.6 Å². The van der Waals surface area contributed by atoms with Crippen LogP contribution in [0.5, 0.6) is 0 Å². The first-order valence-corrected chi connectivity index (χ1v) is 9.00. The Balaban J connectivity index is 1.59. The number of anilines is 3. The van der Waals surface area contributed by atoms with Crippen molar-refractivity contribution in [2.75, 3.05) is 30.3 Å². The minimum Gasteiger partial charge on any atom is -0.450 e. The monoisotopic (exact) mass is 355 g/mol. The zero-order valence-corrected chi connectivity index (χ0v) is 15.2. The van der Waals surface area contributed by atoms with Crippen molar-refractivity contribution in [1.29, 1.82) is 0 Å². The normalized spacial score (nSPS) is 14.8. The number of rotatable bonds is 5. The Kier molecular flexibility index (Phi) is 5.88. The maximum absolute atomic E-state index is 11.8. The van der Waals surface area contributed by atoms with Crippen LogP contribution in [-0.4, -0.2) is 46.7 Å². The molecule has 0 unspecified atom stereocenters. The van der Waals surface area contributed by atoms with Gasteiger partial charge in [-0.25, -0.2) is 9.78 Å². The molecule has 7 nitrogen and oxygen atoms in total. The number of carbonyl (C=O) groups is 1. The smallest absolute Gasteiger partial charge is 0.409 e. The summed E-state index contributed by atoms with van der Waals surface area (Å²) in [4.78, 5) is 22.6. The maximum Gasteiger partial charge on any atom is 0.409 e. The second kappa shape index (κ2) is 8.51. The van der Waals surface area contributed by atoms with Crippen LogP contribution in [0, 0.1) is 6.92 Å². The number of likely N-dealkylation sites (tertiary alicyclic amines) is 1. The molecule has 1 saturated heterocycles. The van der Waals surface area contributed by atoms with Crippen molar-refractivity contribution in [2.24, 2.45) is 0 Å². The lowest BCUT2D eigenvalue weighted by atomic mass is 10.1. The lowest BCUT2D eigenvalue weighted by Gasteiger charge is -2.31. The van der Waals surface area contributed by atoms with Gasteiger partial charge in [0.2, 0.25) is 5.95 Å². The quantitative estimate of drug-likeness (QED) is 0.854. The van der Waals surface area contributed by atoms with Gasteiger partial charge in [0.25, 0.3) is 0 Å². The second-order valence-electron chi connectivity index (χ2n) is 6.31. The number of aryl methyl sites for hydroxylation is 1. The maximum atomic E-state index is 11.8. The number of nitrogens with one attached hydrogen (secondary N) is 2. The fourth-order valence-corrected chi connectivity index (χ4v) is 2.98. The van der Waals surface area contributed by atoms with E-state index in [1.165, 1.54) is 0 Å². The third-order valence-electron chi connectivity index (χ3n) is 4.26. The summed E-state index contributed by atoms with van der Waals surface area (Å²) in [6.07, 6.45) is 1.50. The summed E-state index contributed by atoms with van der Waals surface area (Å²) in [7, 11) is 0. The molecule has 2 heterocycles. The van der Waals surface area contributed by atoms with E-state index in [4.69, 9.17) is 4.74 Å². The molecule has 1 aliphatic rings. The standard InChI is InChI=1S/C19H25N5O2/c1-3-26-19(25)24-11-9-16(10-12-24)21-17-13-14(2)20-18(23-17)22-15-7-5-4-6-8-15/h4-8,13,16H,3,9-12H2,1-2H3,(H2,20,21,22,23). The average Bonchev–Trinajstić information content (AvgIpc) is 2.63. The number of nitrogens with zero attached hydrogens (tertiary/aromatic N) is 3. The molecule has 3 rings (SSSR count). The van der Waals surface area contributed by atoms with Crippen LogP contribution in [0.4, 0.5) is 22.2 Å². The summed E-state index contributed by atoms with van der Waals surface area (Å²) in [6, 6.07) is 12.1. The Morgan fingerprint density at radius 3 is 2.65 bits per heavy atom. The SMILES string of the molecule is CCOC(=O)N1CCC(Nc2cc(C)nc(Nc3ccccc3)n2)CC1. The summed E-state index contributed by atoms with van der Waals surface area (Å²) in [5.41, 5.74) is 1.84. The zero-order valence-electron chi connectivity index (χ0n) is 15.2. The molecule has 26 heavy (non-hydrogen) atoms. The molecule has 0 bridgehead atoms. The van der Waals surface area contributed by atoms with Crippen molar-refractivity contribution >= 4 is 23.5 Å². The molecule has 1 amide bonds. The second-order valence-corrected chi connectivity index (χ2v) is 6.31. The summed E-state index contributed by atoms with van der Waals surface area (Å²) >= 11 is 0. The van der Waals surface area contributed by atoms with E-state index >= 15 is 0 Å². The Hall–Kier alpha value is -2.83. The third kappa shape index (κ3) is 4.84. The highest BCUT2D eigenvalue weighted by molar-refractivity contribution is 5.67. The molecule has 1 fully saturated rings. The molecule has 0 aliphatic carbocycles. The fraction of sp³-hybridized carbons (Fsp3) is 0.421. The number of amides is 1. The van der Waals surface area contributed by atoms with Gasteiger partial charge in [0.15, 0.2) is 0 Å². The van der Waals surface area contributed by atoms with Crippen LogP contribution >= 0.6 is 0 Å². The van der Waals surface area contributed by atoms with Gasteiger partial charge in [0.1, 0.15) is 5.82 Å². The first kappa shape index (κ1) is 18.0. The van der Waals surface area contributed by atoms with E-state index in [-0.39, 0.29) is 12.1 Å². The van der Waals surface area contributed by atoms with Gasteiger partial charge in [0, 0.05) is 36.6 Å². The third-order valence-corrected chi connectivity index (χ3v) is 4.26. The lowest BCUT2D eigenvalue weighted by Crippen LogP contribution is -2.42. The number of piperidine rings is 1. The van der Waals surface area contributed by atoms with Crippen molar-refractivity contribution in [1.82, 2.24) is 14.9 Å². The molecule has 1 aromatic heterocycles. The van der Waals surface area contributed by atoms with Gasteiger partial charge in [-0.3, -0.25) is 0 Å². The Morgan fingerprint density at radius 2 is 1.96 bits per heavy atom. The van der Waals surface area contributed by atoms with Crippen molar-refractivity contribution < 1.29 is 9.53 Å². The highest BCUT2D eigenvalue weighted by Crippen LogP contribution is 2.19. The molecule has 0 saturated carbocycles. The van der Waals surface area contributed by atoms with Crippen LogP contribution in [-0.2, 0) is 4.74 Å². The average molecular weight is 355 g/mol. The number of carbonyl (C=O) groups excluding carboxylic acids is 1. The van der Waals surface area contributed by atoms with E-state index in [0.29, 0.717) is 25.6 Å². The largest absolute Gasteiger partial charge is 0.450 e. The van der Waals surface area contributed by atoms with Gasteiger partial charge in [-0.15, -0.1) is 0 Å². The number of aromatic nitrogens is 2. The van der Waals surface area contributed by atoms with Crippen LogP contribution in [0.2, 0.25) is 0 Å². The minimum absolute atomic E-state index is 0.224. The molecule has 7 heteroatoms. The molecule has 1 aliphatic heterocycles. The number of hydrogen-bond donors (Lipinski definition) is 2. The van der Waals surface area contributed by atoms with Gasteiger partial charge in [-0.2, -0.15) is 4.98 Å². The van der Waals surface area contributed by atoms with E-state index in [2.05, 4.69) is 20.6 Å². The van der Waals surface area contributed by atoms with Crippen molar-refractivity contribution in [3.63, 3.8) is 0 Å². The predicted molar refractivity (Wildman–Crippen MR) is 102 cm³/mol. The van der Waals surface area contributed by atoms with Crippen molar-refractivity contribution in [2.45, 2.75) is 32.7 Å². The molecular weight excluding hydrogens is 330 g/mol. The summed E-state index contributed by atoms with van der Waals surface area (Å²) in [5, 5.41) is 6.70. The van der Waals surface area contributed by atoms with E-state index < -0.39 is 0 Å². The Bertz CT molecular complexity index is 730. The van der Waals surface area contributed by atoms with E-state index in [9.17, 15) is 4.79 Å². The van der Waals surface area contributed by atoms with Gasteiger partial charge in [0.05, 0.1) is 6.61 Å². The molecule has 2 N–H and O–H groups in total. The van der Waals surface area contributed by atoms with Crippen LogP contribution in [0.3, 0.4) is 0 Å². The molecule has 138 valence electrons. The van der Waals surface area contributed by atoms with Gasteiger partial charge < -0.3 is 20.3 Å². The van der Waals surface area contributed by atoms with E-state index in [0.717, 1.165) is 30.0 Å². The van der Waals surface area contributed by atoms with Gasteiger partial charge in [-0.1, -0.05) is 18.2 Å². The first-order valence-electron chi connectivity index (χ1n) is 9.00. The van der Waals surface area contributed by atoms with Gasteiger partial charge >= 0.3 is 6.09 Å². The lowest BCUT2D eigenvalue weighted by molar-refractivity contribution is 0.0983. The fourth-order valence-electron chi connectivity index (χ4n) is 2.98. The molecule has 1 aromatic carbocycles. The van der Waals surface area contributed by atoms with Crippen molar-refractivity contribution in [3.8, 4) is 0 Å². The van der Waals surface area contributed by atoms with Gasteiger partial charge in [-0.05, 0) is 38.8 Å². The van der Waals surface area contributed by atoms with Crippen LogP contribution in [0.1, 0.15) is 25.5 Å². The predicted octanol–water partition coefficient (Wildman–Crippen LogP) is 3.56. The van der Waals surface area contributed by atoms with Crippen molar-refractivity contribution in [3.05, 3.63) is 42.1 Å². The number of ether oxygens (including phenoxy) is 1. The number of benzene rings is 1. The molecule has 0 spiro atoms. The molecule has 0 radical (unpaired) electrons. The Labute approximate surface area is 153 Å². The Morgan fingerprint density at radius 1 is 1.23 bits per heavy atom. The van der Waals surface area contributed by atoms with E-state index in [1.54, 1.807) is 4.90 Å². The summed E-state index contributed by atoms with van der Waals surface area (Å²) < 4.78 is 5.06. The first-order chi connectivity index (χ1) is 12.6. The number of hydrogen-bond acceptors (Lipinski definition) is 6. The topological polar surface area (TPSA) is 79.4 Å². The molecule has 0 atom stereocenters. The summed E-state index contributed by atoms with van der Waals surface area (Å²) in [5.74, 6) is 1.37. The number of para-hydroxylation sites is 1. The van der Waals surface area contributed by atoms with Crippen LogP contribution in [0.15, 0.2) is 36.4 Å². The summed E-state index contributed by atoms with van der Waals surface area (Å²) in [6.45, 7) is 5.57. The highest BCUT2D eigenvalue weighted by Gasteiger charge is 2.23. The minimum atomic E-state index is -0.224. The molecular formula is C19H25N5O2. The zero-order chi connectivity index (χ0) is 18.4. The molecule has 2 aromatic rings.